The second-order valence-electron chi connectivity index (χ2n) is 6.08. The van der Waals surface area contributed by atoms with Gasteiger partial charge in [-0.05, 0) is 37.1 Å². The van der Waals surface area contributed by atoms with Crippen molar-refractivity contribution in [2.45, 2.75) is 18.9 Å². The molecule has 0 bridgehead atoms. The highest BCUT2D eigenvalue weighted by Crippen LogP contribution is 2.30. The summed E-state index contributed by atoms with van der Waals surface area (Å²) in [5.74, 6) is 0.881. The number of carbonyl (C=O) groups is 1. The molecule has 132 valence electrons. The fourth-order valence-electron chi connectivity index (χ4n) is 3.38. The van der Waals surface area contributed by atoms with E-state index in [9.17, 15) is 4.79 Å². The van der Waals surface area contributed by atoms with Crippen molar-refractivity contribution in [3.63, 3.8) is 0 Å². The number of hydrogen-bond donors (Lipinski definition) is 1. The van der Waals surface area contributed by atoms with E-state index in [1.54, 1.807) is 32.4 Å². The largest absolute Gasteiger partial charge is 0.493 e. The van der Waals surface area contributed by atoms with Crippen LogP contribution in [0.15, 0.2) is 48.5 Å². The SMILES string of the molecule is COc1cccc(C(=O)NC[C@@H]2CCCN2c2ccccc2)c1OC. The van der Waals surface area contributed by atoms with Crippen LogP contribution in [0, 0.1) is 0 Å². The van der Waals surface area contributed by atoms with Gasteiger partial charge >= 0.3 is 0 Å². The number of benzene rings is 2. The minimum atomic E-state index is -0.143. The first-order valence-electron chi connectivity index (χ1n) is 8.55. The molecule has 1 amide bonds. The van der Waals surface area contributed by atoms with Crippen molar-refractivity contribution in [1.29, 1.82) is 0 Å². The van der Waals surface area contributed by atoms with Crippen molar-refractivity contribution < 1.29 is 14.3 Å². The average Bonchev–Trinajstić information content (AvgIpc) is 3.14. The number of ether oxygens (including phenoxy) is 2. The van der Waals surface area contributed by atoms with E-state index in [1.807, 2.05) is 18.2 Å². The van der Waals surface area contributed by atoms with Gasteiger partial charge in [0.05, 0.1) is 19.8 Å². The maximum absolute atomic E-state index is 12.6. The summed E-state index contributed by atoms with van der Waals surface area (Å²) in [7, 11) is 3.11. The summed E-state index contributed by atoms with van der Waals surface area (Å²) < 4.78 is 10.6. The zero-order chi connectivity index (χ0) is 17.6. The molecular formula is C20H24N2O3. The molecular weight excluding hydrogens is 316 g/mol. The molecule has 0 aliphatic carbocycles. The number of amides is 1. The summed E-state index contributed by atoms with van der Waals surface area (Å²) in [5, 5.41) is 3.05. The van der Waals surface area contributed by atoms with Gasteiger partial charge in [0.25, 0.3) is 5.91 Å². The zero-order valence-corrected chi connectivity index (χ0v) is 14.7. The number of hydrogen-bond acceptors (Lipinski definition) is 4. The number of carbonyl (C=O) groups excluding carboxylic acids is 1. The molecule has 1 atom stereocenters. The van der Waals surface area contributed by atoms with Crippen LogP contribution in [-0.4, -0.2) is 39.3 Å². The molecule has 1 aliphatic rings. The van der Waals surface area contributed by atoms with Gasteiger partial charge in [0.2, 0.25) is 0 Å². The lowest BCUT2D eigenvalue weighted by Gasteiger charge is -2.27. The smallest absolute Gasteiger partial charge is 0.255 e. The minimum Gasteiger partial charge on any atom is -0.493 e. The molecule has 2 aromatic rings. The number of rotatable bonds is 6. The molecule has 0 aromatic heterocycles. The van der Waals surface area contributed by atoms with Crippen molar-refractivity contribution in [2.75, 3.05) is 32.2 Å². The molecule has 2 aromatic carbocycles. The number of nitrogens with zero attached hydrogens (tertiary/aromatic N) is 1. The summed E-state index contributed by atoms with van der Waals surface area (Å²) in [5.41, 5.74) is 1.70. The van der Waals surface area contributed by atoms with Gasteiger partial charge in [0.15, 0.2) is 11.5 Å². The van der Waals surface area contributed by atoms with Crippen LogP contribution >= 0.6 is 0 Å². The normalized spacial score (nSPS) is 16.6. The Hall–Kier alpha value is -2.69. The second-order valence-corrected chi connectivity index (χ2v) is 6.08. The molecule has 0 spiro atoms. The molecule has 5 heteroatoms. The molecule has 25 heavy (non-hydrogen) atoms. The minimum absolute atomic E-state index is 0.143. The van der Waals surface area contributed by atoms with E-state index in [0.29, 0.717) is 29.6 Å². The highest BCUT2D eigenvalue weighted by Gasteiger charge is 2.25. The third-order valence-corrected chi connectivity index (χ3v) is 4.61. The van der Waals surface area contributed by atoms with Gasteiger partial charge in [-0.1, -0.05) is 24.3 Å². The highest BCUT2D eigenvalue weighted by molar-refractivity contribution is 5.97. The first-order chi connectivity index (χ1) is 12.2. The van der Waals surface area contributed by atoms with Gasteiger partial charge in [-0.3, -0.25) is 4.79 Å². The molecule has 0 saturated carbocycles. The van der Waals surface area contributed by atoms with Crippen LogP contribution in [0.3, 0.4) is 0 Å². The summed E-state index contributed by atoms with van der Waals surface area (Å²) in [4.78, 5) is 15.0. The molecule has 1 heterocycles. The van der Waals surface area contributed by atoms with Gasteiger partial charge in [-0.25, -0.2) is 0 Å². The predicted molar refractivity (Wildman–Crippen MR) is 98.7 cm³/mol. The average molecular weight is 340 g/mol. The highest BCUT2D eigenvalue weighted by atomic mass is 16.5. The Kier molecular flexibility index (Phi) is 5.43. The van der Waals surface area contributed by atoms with E-state index in [-0.39, 0.29) is 5.91 Å². The van der Waals surface area contributed by atoms with E-state index < -0.39 is 0 Å². The van der Waals surface area contributed by atoms with Crippen LogP contribution in [-0.2, 0) is 0 Å². The third kappa shape index (κ3) is 3.71. The Morgan fingerprint density at radius 2 is 1.92 bits per heavy atom. The van der Waals surface area contributed by atoms with Crippen LogP contribution in [0.25, 0.3) is 0 Å². The molecule has 1 fully saturated rings. The Morgan fingerprint density at radius 3 is 2.64 bits per heavy atom. The number of nitrogens with one attached hydrogen (secondary N) is 1. The Morgan fingerprint density at radius 1 is 1.12 bits per heavy atom. The topological polar surface area (TPSA) is 50.8 Å². The lowest BCUT2D eigenvalue weighted by Crippen LogP contribution is -2.40. The van der Waals surface area contributed by atoms with Crippen LogP contribution in [0.1, 0.15) is 23.2 Å². The van der Waals surface area contributed by atoms with Gasteiger partial charge < -0.3 is 19.7 Å². The molecule has 1 N–H and O–H groups in total. The Bertz CT molecular complexity index is 718. The number of anilines is 1. The van der Waals surface area contributed by atoms with E-state index in [4.69, 9.17) is 9.47 Å². The molecule has 0 radical (unpaired) electrons. The lowest BCUT2D eigenvalue weighted by molar-refractivity contribution is 0.0947. The Balaban J connectivity index is 1.68. The van der Waals surface area contributed by atoms with Gasteiger partial charge in [0.1, 0.15) is 0 Å². The summed E-state index contributed by atoms with van der Waals surface area (Å²) in [6.07, 6.45) is 2.21. The molecule has 5 nitrogen and oxygen atoms in total. The standard InChI is InChI=1S/C20H24N2O3/c1-24-18-12-6-11-17(19(18)25-2)20(23)21-14-16-10-7-13-22(16)15-8-4-3-5-9-15/h3-6,8-9,11-12,16H,7,10,13-14H2,1-2H3,(H,21,23)/t16-/m0/s1. The molecule has 3 rings (SSSR count). The number of methoxy groups -OCH3 is 2. The third-order valence-electron chi connectivity index (χ3n) is 4.61. The number of para-hydroxylation sites is 2. The predicted octanol–water partition coefficient (Wildman–Crippen LogP) is 3.10. The van der Waals surface area contributed by atoms with Crippen molar-refractivity contribution in [2.24, 2.45) is 0 Å². The van der Waals surface area contributed by atoms with Crippen LogP contribution in [0.5, 0.6) is 11.5 Å². The summed E-state index contributed by atoms with van der Waals surface area (Å²) >= 11 is 0. The maximum Gasteiger partial charge on any atom is 0.255 e. The molecule has 1 saturated heterocycles. The molecule has 0 unspecified atom stereocenters. The van der Waals surface area contributed by atoms with E-state index in [2.05, 4.69) is 22.3 Å². The van der Waals surface area contributed by atoms with Crippen molar-refractivity contribution in [3.8, 4) is 11.5 Å². The first-order valence-corrected chi connectivity index (χ1v) is 8.55. The Labute approximate surface area is 148 Å². The maximum atomic E-state index is 12.6. The van der Waals surface area contributed by atoms with Crippen molar-refractivity contribution in [3.05, 3.63) is 54.1 Å². The van der Waals surface area contributed by atoms with E-state index in [0.717, 1.165) is 19.4 Å². The van der Waals surface area contributed by atoms with Crippen LogP contribution < -0.4 is 19.7 Å². The van der Waals surface area contributed by atoms with Gasteiger partial charge in [-0.2, -0.15) is 0 Å². The summed E-state index contributed by atoms with van der Waals surface area (Å²) in [6.45, 7) is 1.63. The lowest BCUT2D eigenvalue weighted by atomic mass is 10.1. The van der Waals surface area contributed by atoms with Crippen molar-refractivity contribution >= 4 is 11.6 Å². The van der Waals surface area contributed by atoms with Crippen LogP contribution in [0.4, 0.5) is 5.69 Å². The molecule has 1 aliphatic heterocycles. The summed E-state index contributed by atoms with van der Waals surface area (Å²) in [6, 6.07) is 16.0. The van der Waals surface area contributed by atoms with Gasteiger partial charge in [-0.15, -0.1) is 0 Å². The fourth-order valence-corrected chi connectivity index (χ4v) is 3.38. The van der Waals surface area contributed by atoms with E-state index in [1.165, 1.54) is 5.69 Å². The van der Waals surface area contributed by atoms with Crippen molar-refractivity contribution in [1.82, 2.24) is 5.32 Å². The second kappa shape index (κ2) is 7.92. The van der Waals surface area contributed by atoms with Gasteiger partial charge in [0, 0.05) is 24.8 Å². The van der Waals surface area contributed by atoms with E-state index >= 15 is 0 Å². The quantitative estimate of drug-likeness (QED) is 0.878. The zero-order valence-electron chi connectivity index (χ0n) is 14.7. The van der Waals surface area contributed by atoms with Crippen LogP contribution in [0.2, 0.25) is 0 Å². The monoisotopic (exact) mass is 340 g/mol. The fraction of sp³-hybridized carbons (Fsp3) is 0.350. The first kappa shape index (κ1) is 17.1.